The van der Waals surface area contributed by atoms with Gasteiger partial charge in [0.15, 0.2) is 0 Å². The van der Waals surface area contributed by atoms with Gasteiger partial charge in [0.25, 0.3) is 0 Å². The molecule has 1 unspecified atom stereocenters. The summed E-state index contributed by atoms with van der Waals surface area (Å²) in [5.74, 6) is 0.0393. The van der Waals surface area contributed by atoms with Crippen LogP contribution in [-0.4, -0.2) is 23.4 Å². The first-order valence-corrected chi connectivity index (χ1v) is 7.13. The van der Waals surface area contributed by atoms with Crippen LogP contribution < -0.4 is 5.73 Å². The van der Waals surface area contributed by atoms with E-state index in [0.717, 1.165) is 31.2 Å². The fraction of sp³-hybridized carbons (Fsp3) is 0.533. The minimum absolute atomic E-state index is 0.0211. The standard InChI is InChI=1S/C15H21ClN2O/c1-11(12-6-5-7-13(16)10-12)18(2)14(19)15(17)8-3-4-9-15/h5-7,10-11H,3-4,8-9,17H2,1-2H3. The van der Waals surface area contributed by atoms with E-state index in [9.17, 15) is 4.79 Å². The molecule has 0 bridgehead atoms. The lowest BCUT2D eigenvalue weighted by Crippen LogP contribution is -2.52. The van der Waals surface area contributed by atoms with E-state index in [0.29, 0.717) is 5.02 Å². The quantitative estimate of drug-likeness (QED) is 0.925. The van der Waals surface area contributed by atoms with E-state index >= 15 is 0 Å². The van der Waals surface area contributed by atoms with Gasteiger partial charge >= 0.3 is 0 Å². The Hall–Kier alpha value is -1.06. The van der Waals surface area contributed by atoms with Gasteiger partial charge in [-0.15, -0.1) is 0 Å². The third-order valence-electron chi connectivity index (χ3n) is 4.15. The summed E-state index contributed by atoms with van der Waals surface area (Å²) in [5.41, 5.74) is 6.60. The fourth-order valence-corrected chi connectivity index (χ4v) is 2.94. The Morgan fingerprint density at radius 2 is 2.05 bits per heavy atom. The summed E-state index contributed by atoms with van der Waals surface area (Å²) in [4.78, 5) is 14.3. The van der Waals surface area contributed by atoms with E-state index in [1.165, 1.54) is 0 Å². The van der Waals surface area contributed by atoms with Crippen LogP contribution in [0.15, 0.2) is 24.3 Å². The maximum absolute atomic E-state index is 12.5. The Labute approximate surface area is 119 Å². The zero-order valence-corrected chi connectivity index (χ0v) is 12.3. The summed E-state index contributed by atoms with van der Waals surface area (Å²) in [6.45, 7) is 2.00. The molecule has 1 aromatic carbocycles. The number of likely N-dealkylation sites (N-methyl/N-ethyl adjacent to an activating group) is 1. The molecule has 0 saturated heterocycles. The third-order valence-corrected chi connectivity index (χ3v) is 4.39. The molecule has 1 aromatic rings. The number of hydrogen-bond acceptors (Lipinski definition) is 2. The number of carbonyl (C=O) groups is 1. The van der Waals surface area contributed by atoms with Crippen molar-refractivity contribution in [2.75, 3.05) is 7.05 Å². The molecule has 1 fully saturated rings. The van der Waals surface area contributed by atoms with Gasteiger partial charge in [0.2, 0.25) is 5.91 Å². The zero-order valence-electron chi connectivity index (χ0n) is 11.5. The fourth-order valence-electron chi connectivity index (χ4n) is 2.74. The molecule has 1 saturated carbocycles. The summed E-state index contributed by atoms with van der Waals surface area (Å²) in [6.07, 6.45) is 3.67. The topological polar surface area (TPSA) is 46.3 Å². The smallest absolute Gasteiger partial charge is 0.242 e. The van der Waals surface area contributed by atoms with Crippen molar-refractivity contribution in [1.82, 2.24) is 4.90 Å². The Morgan fingerprint density at radius 1 is 1.42 bits per heavy atom. The molecule has 104 valence electrons. The predicted octanol–water partition coefficient (Wildman–Crippen LogP) is 3.13. The number of nitrogens with two attached hydrogens (primary N) is 1. The number of benzene rings is 1. The average Bonchev–Trinajstić information content (AvgIpc) is 2.84. The maximum atomic E-state index is 12.5. The van der Waals surface area contributed by atoms with Crippen molar-refractivity contribution in [2.24, 2.45) is 5.73 Å². The molecule has 0 heterocycles. The number of hydrogen-bond donors (Lipinski definition) is 1. The molecular weight excluding hydrogens is 260 g/mol. The first kappa shape index (κ1) is 14.4. The van der Waals surface area contributed by atoms with Gasteiger partial charge in [-0.3, -0.25) is 4.79 Å². The van der Waals surface area contributed by atoms with Gasteiger partial charge < -0.3 is 10.6 Å². The third kappa shape index (κ3) is 2.93. The Morgan fingerprint density at radius 3 is 2.63 bits per heavy atom. The second-order valence-corrected chi connectivity index (χ2v) is 5.95. The van der Waals surface area contributed by atoms with Gasteiger partial charge in [0, 0.05) is 12.1 Å². The van der Waals surface area contributed by atoms with Gasteiger partial charge in [-0.05, 0) is 37.5 Å². The first-order valence-electron chi connectivity index (χ1n) is 6.76. The Bertz CT molecular complexity index is 469. The van der Waals surface area contributed by atoms with E-state index in [1.54, 1.807) is 4.90 Å². The molecule has 2 N–H and O–H groups in total. The van der Waals surface area contributed by atoms with Crippen LogP contribution >= 0.6 is 11.6 Å². The molecule has 19 heavy (non-hydrogen) atoms. The minimum atomic E-state index is -0.665. The predicted molar refractivity (Wildman–Crippen MR) is 78.0 cm³/mol. The summed E-state index contributed by atoms with van der Waals surface area (Å²) >= 11 is 6.00. The van der Waals surface area contributed by atoms with Crippen molar-refractivity contribution in [3.05, 3.63) is 34.9 Å². The van der Waals surface area contributed by atoms with Crippen LogP contribution in [0.5, 0.6) is 0 Å². The molecule has 3 nitrogen and oxygen atoms in total. The van der Waals surface area contributed by atoms with Crippen molar-refractivity contribution in [3.8, 4) is 0 Å². The molecule has 1 aliphatic rings. The van der Waals surface area contributed by atoms with Crippen LogP contribution in [0.25, 0.3) is 0 Å². The largest absolute Gasteiger partial charge is 0.337 e. The minimum Gasteiger partial charge on any atom is -0.337 e. The van der Waals surface area contributed by atoms with E-state index < -0.39 is 5.54 Å². The Kier molecular flexibility index (Phi) is 4.16. The van der Waals surface area contributed by atoms with Crippen LogP contribution in [0, 0.1) is 0 Å². The van der Waals surface area contributed by atoms with E-state index in [2.05, 4.69) is 0 Å². The van der Waals surface area contributed by atoms with Crippen LogP contribution in [0.2, 0.25) is 5.02 Å². The number of nitrogens with zero attached hydrogens (tertiary/aromatic N) is 1. The van der Waals surface area contributed by atoms with Crippen LogP contribution in [0.3, 0.4) is 0 Å². The number of halogens is 1. The van der Waals surface area contributed by atoms with Crippen molar-refractivity contribution < 1.29 is 4.79 Å². The van der Waals surface area contributed by atoms with Crippen LogP contribution in [0.4, 0.5) is 0 Å². The van der Waals surface area contributed by atoms with Gasteiger partial charge in [-0.2, -0.15) is 0 Å². The normalized spacial score (nSPS) is 19.2. The lowest BCUT2D eigenvalue weighted by Gasteiger charge is -2.33. The molecule has 0 aromatic heterocycles. The molecular formula is C15H21ClN2O. The highest BCUT2D eigenvalue weighted by atomic mass is 35.5. The molecule has 1 aliphatic carbocycles. The SMILES string of the molecule is CC(c1cccc(Cl)c1)N(C)C(=O)C1(N)CCCC1. The van der Waals surface area contributed by atoms with Crippen molar-refractivity contribution in [3.63, 3.8) is 0 Å². The highest BCUT2D eigenvalue weighted by Crippen LogP contribution is 2.31. The van der Waals surface area contributed by atoms with Gasteiger partial charge in [-0.25, -0.2) is 0 Å². The lowest BCUT2D eigenvalue weighted by atomic mass is 9.95. The van der Waals surface area contributed by atoms with E-state index in [4.69, 9.17) is 17.3 Å². The molecule has 4 heteroatoms. The maximum Gasteiger partial charge on any atom is 0.242 e. The van der Waals surface area contributed by atoms with Gasteiger partial charge in [0.1, 0.15) is 0 Å². The van der Waals surface area contributed by atoms with Crippen LogP contribution in [-0.2, 0) is 4.79 Å². The molecule has 0 spiro atoms. The van der Waals surface area contributed by atoms with E-state index in [-0.39, 0.29) is 11.9 Å². The highest BCUT2D eigenvalue weighted by molar-refractivity contribution is 6.30. The monoisotopic (exact) mass is 280 g/mol. The number of rotatable bonds is 3. The summed E-state index contributed by atoms with van der Waals surface area (Å²) in [6, 6.07) is 7.60. The summed E-state index contributed by atoms with van der Waals surface area (Å²) in [5, 5.41) is 0.688. The Balaban J connectivity index is 2.15. The van der Waals surface area contributed by atoms with Crippen molar-refractivity contribution in [1.29, 1.82) is 0 Å². The number of carbonyl (C=O) groups excluding carboxylic acids is 1. The molecule has 0 aliphatic heterocycles. The summed E-state index contributed by atoms with van der Waals surface area (Å²) in [7, 11) is 1.82. The lowest BCUT2D eigenvalue weighted by molar-refractivity contribution is -0.137. The highest BCUT2D eigenvalue weighted by Gasteiger charge is 2.40. The summed E-state index contributed by atoms with van der Waals surface area (Å²) < 4.78 is 0. The first-order chi connectivity index (χ1) is 8.94. The van der Waals surface area contributed by atoms with Crippen molar-refractivity contribution in [2.45, 2.75) is 44.2 Å². The van der Waals surface area contributed by atoms with Gasteiger partial charge in [-0.1, -0.05) is 36.6 Å². The molecule has 1 amide bonds. The second-order valence-electron chi connectivity index (χ2n) is 5.51. The number of amides is 1. The van der Waals surface area contributed by atoms with Crippen LogP contribution in [0.1, 0.15) is 44.2 Å². The molecule has 2 rings (SSSR count). The molecule has 1 atom stereocenters. The average molecular weight is 281 g/mol. The van der Waals surface area contributed by atoms with Crippen molar-refractivity contribution >= 4 is 17.5 Å². The van der Waals surface area contributed by atoms with Gasteiger partial charge in [0.05, 0.1) is 11.6 Å². The van der Waals surface area contributed by atoms with E-state index in [1.807, 2.05) is 38.2 Å². The second kappa shape index (κ2) is 5.51. The molecule has 0 radical (unpaired) electrons. The zero-order chi connectivity index (χ0) is 14.0.